The van der Waals surface area contributed by atoms with E-state index in [1.54, 1.807) is 11.3 Å². The van der Waals surface area contributed by atoms with Crippen LogP contribution in [-0.2, 0) is 0 Å². The second-order valence-electron chi connectivity index (χ2n) is 12.6. The molecule has 1 aliphatic rings. The van der Waals surface area contributed by atoms with Gasteiger partial charge in [-0.05, 0) is 63.6 Å². The maximum absolute atomic E-state index is 4.14. The van der Waals surface area contributed by atoms with Crippen molar-refractivity contribution >= 4 is 55.3 Å². The Kier molecular flexibility index (Phi) is 13.3. The maximum atomic E-state index is 4.14. The smallest absolute Gasteiger partial charge is 0.0812 e. The van der Waals surface area contributed by atoms with Gasteiger partial charge >= 0.3 is 0 Å². The SMILES string of the molecule is C1=Cc2cccc3cccc1c23.CCCCC(C)(C)C.Cc1ccccc1.c1ccc2ccccc2c1.c1ccc2scnc2c1. The molecule has 0 saturated carbocycles. The molecule has 1 nitrogen and oxygen atoms in total. The highest BCUT2D eigenvalue weighted by atomic mass is 32.1. The minimum Gasteiger partial charge on any atom is -0.245 e. The lowest BCUT2D eigenvalue weighted by Gasteiger charge is -2.16. The van der Waals surface area contributed by atoms with Gasteiger partial charge in [0, 0.05) is 0 Å². The zero-order valence-corrected chi connectivity index (χ0v) is 28.8. The van der Waals surface area contributed by atoms with Gasteiger partial charge in [0.2, 0.25) is 0 Å². The number of unbranched alkanes of at least 4 members (excludes halogenated alkanes) is 1. The summed E-state index contributed by atoms with van der Waals surface area (Å²) in [7, 11) is 0. The van der Waals surface area contributed by atoms with E-state index < -0.39 is 0 Å². The molecule has 1 aromatic heterocycles. The number of thiazole rings is 1. The number of aryl methyl sites for hydroxylation is 1. The third-order valence-electron chi connectivity index (χ3n) is 7.53. The lowest BCUT2D eigenvalue weighted by atomic mass is 9.90. The molecule has 0 amide bonds. The lowest BCUT2D eigenvalue weighted by molar-refractivity contribution is 0.363. The number of para-hydroxylation sites is 1. The van der Waals surface area contributed by atoms with Crippen LogP contribution < -0.4 is 0 Å². The first kappa shape index (κ1) is 34.3. The molecule has 0 fully saturated rings. The van der Waals surface area contributed by atoms with Crippen LogP contribution in [0.1, 0.15) is 63.6 Å². The molecule has 0 spiro atoms. The second-order valence-corrected chi connectivity index (χ2v) is 13.5. The Morgan fingerprint density at radius 2 is 1.07 bits per heavy atom. The third-order valence-corrected chi connectivity index (χ3v) is 8.34. The fourth-order valence-corrected chi connectivity index (χ4v) is 5.71. The predicted molar refractivity (Wildman–Crippen MR) is 207 cm³/mol. The van der Waals surface area contributed by atoms with Gasteiger partial charge in [0.1, 0.15) is 0 Å². The summed E-state index contributed by atoms with van der Waals surface area (Å²) in [6.07, 6.45) is 8.43. The summed E-state index contributed by atoms with van der Waals surface area (Å²) < 4.78 is 1.26. The quantitative estimate of drug-likeness (QED) is 0.187. The molecule has 8 rings (SSSR count). The Balaban J connectivity index is 0.000000132. The number of hydrogen-bond donors (Lipinski definition) is 0. The fraction of sp³-hybridized carbons (Fsp3) is 0.205. The standard InChI is InChI=1S/C12H8.C10H8.C8H18.C7H5NS.C7H8/c1-3-9-4-2-6-11-8-7-10(5-1)12(9)11;1-2-6-10-8-4-3-7-9(10)5-1;1-5-6-7-8(2,3)4;1-2-4-7-6(3-1)8-5-9-7;1-7-5-3-2-4-6-7/h1-8H;1-8H;5-7H2,1-4H3;1-5H;2-6H,1H3. The summed E-state index contributed by atoms with van der Waals surface area (Å²) in [6, 6.07) is 48.0. The van der Waals surface area contributed by atoms with Crippen LogP contribution in [0.2, 0.25) is 0 Å². The van der Waals surface area contributed by atoms with Gasteiger partial charge in [-0.1, -0.05) is 186 Å². The molecule has 46 heavy (non-hydrogen) atoms. The Morgan fingerprint density at radius 1 is 0.565 bits per heavy atom. The zero-order valence-electron chi connectivity index (χ0n) is 28.0. The Morgan fingerprint density at radius 3 is 1.52 bits per heavy atom. The van der Waals surface area contributed by atoms with Crippen molar-refractivity contribution in [3.05, 3.63) is 162 Å². The maximum Gasteiger partial charge on any atom is 0.0812 e. The molecule has 0 bridgehead atoms. The van der Waals surface area contributed by atoms with Crippen molar-refractivity contribution in [2.45, 2.75) is 53.9 Å². The molecule has 0 atom stereocenters. The topological polar surface area (TPSA) is 12.9 Å². The van der Waals surface area contributed by atoms with Crippen LogP contribution in [0.5, 0.6) is 0 Å². The van der Waals surface area contributed by atoms with Crippen LogP contribution in [0, 0.1) is 12.3 Å². The van der Waals surface area contributed by atoms with Gasteiger partial charge < -0.3 is 0 Å². The van der Waals surface area contributed by atoms with Gasteiger partial charge in [-0.2, -0.15) is 0 Å². The van der Waals surface area contributed by atoms with Crippen molar-refractivity contribution in [3.8, 4) is 0 Å². The van der Waals surface area contributed by atoms with E-state index >= 15 is 0 Å². The average molecular weight is 622 g/mol. The Bertz CT molecular complexity index is 1790. The van der Waals surface area contributed by atoms with Gasteiger partial charge in [0.15, 0.2) is 0 Å². The van der Waals surface area contributed by atoms with E-state index in [1.807, 2.05) is 41.9 Å². The highest BCUT2D eigenvalue weighted by Crippen LogP contribution is 2.30. The molecule has 7 aromatic rings. The van der Waals surface area contributed by atoms with E-state index in [2.05, 4.69) is 155 Å². The summed E-state index contributed by atoms with van der Waals surface area (Å²) in [6.45, 7) is 11.2. The largest absolute Gasteiger partial charge is 0.245 e. The number of nitrogens with zero attached hydrogens (tertiary/aromatic N) is 1. The molecule has 0 radical (unpaired) electrons. The van der Waals surface area contributed by atoms with E-state index in [4.69, 9.17) is 0 Å². The molecule has 0 unspecified atom stereocenters. The Hall–Kier alpha value is -4.53. The summed E-state index contributed by atoms with van der Waals surface area (Å²) in [5.41, 5.74) is 7.54. The van der Waals surface area contributed by atoms with Gasteiger partial charge in [-0.25, -0.2) is 4.98 Å². The highest BCUT2D eigenvalue weighted by Gasteiger charge is 2.07. The predicted octanol–water partition coefficient (Wildman–Crippen LogP) is 13.7. The van der Waals surface area contributed by atoms with Crippen molar-refractivity contribution in [2.24, 2.45) is 5.41 Å². The number of benzene rings is 6. The molecule has 1 aliphatic carbocycles. The molecular weight excluding hydrogens is 575 g/mol. The minimum atomic E-state index is 0.552. The van der Waals surface area contributed by atoms with Crippen LogP contribution >= 0.6 is 11.3 Å². The molecule has 1 heterocycles. The molecule has 0 N–H and O–H groups in total. The summed E-state index contributed by atoms with van der Waals surface area (Å²) in [5.74, 6) is 0. The number of aromatic nitrogens is 1. The molecule has 2 heteroatoms. The van der Waals surface area contributed by atoms with Crippen LogP contribution in [0.4, 0.5) is 0 Å². The Labute approximate surface area is 280 Å². The summed E-state index contributed by atoms with van der Waals surface area (Å²) >= 11 is 1.68. The second kappa shape index (κ2) is 17.8. The van der Waals surface area contributed by atoms with Gasteiger partial charge in [0.05, 0.1) is 15.7 Å². The van der Waals surface area contributed by atoms with Crippen molar-refractivity contribution in [1.29, 1.82) is 0 Å². The first-order valence-electron chi connectivity index (χ1n) is 16.3. The van der Waals surface area contributed by atoms with E-state index in [0.29, 0.717) is 5.41 Å². The molecule has 0 aliphatic heterocycles. The molecule has 0 saturated heterocycles. The lowest BCUT2D eigenvalue weighted by Crippen LogP contribution is -2.03. The van der Waals surface area contributed by atoms with E-state index in [1.165, 1.54) is 62.2 Å². The van der Waals surface area contributed by atoms with Crippen LogP contribution in [0.15, 0.2) is 145 Å². The minimum absolute atomic E-state index is 0.552. The van der Waals surface area contributed by atoms with Crippen LogP contribution in [0.25, 0.3) is 43.9 Å². The zero-order chi connectivity index (χ0) is 32.6. The normalized spacial score (nSPS) is 10.9. The van der Waals surface area contributed by atoms with E-state index in [-0.39, 0.29) is 0 Å². The number of hydrogen-bond acceptors (Lipinski definition) is 2. The fourth-order valence-electron chi connectivity index (χ4n) is 5.03. The van der Waals surface area contributed by atoms with Crippen LogP contribution in [0.3, 0.4) is 0 Å². The average Bonchev–Trinajstić information content (AvgIpc) is 3.74. The number of rotatable bonds is 2. The highest BCUT2D eigenvalue weighted by molar-refractivity contribution is 7.16. The first-order chi connectivity index (χ1) is 22.3. The number of fused-ring (bicyclic) bond motifs is 2. The van der Waals surface area contributed by atoms with Gasteiger partial charge in [-0.3, -0.25) is 0 Å². The molecule has 6 aromatic carbocycles. The third kappa shape index (κ3) is 11.1. The van der Waals surface area contributed by atoms with Gasteiger partial charge in [-0.15, -0.1) is 11.3 Å². The van der Waals surface area contributed by atoms with Crippen LogP contribution in [-0.4, -0.2) is 4.98 Å². The molecular formula is C44H47NS. The van der Waals surface area contributed by atoms with Gasteiger partial charge in [0.25, 0.3) is 0 Å². The van der Waals surface area contributed by atoms with Crippen molar-refractivity contribution in [2.75, 3.05) is 0 Å². The molecule has 234 valence electrons. The van der Waals surface area contributed by atoms with Crippen molar-refractivity contribution in [1.82, 2.24) is 4.98 Å². The monoisotopic (exact) mass is 621 g/mol. The summed E-state index contributed by atoms with van der Waals surface area (Å²) in [5, 5.41) is 5.37. The van der Waals surface area contributed by atoms with Crippen molar-refractivity contribution in [3.63, 3.8) is 0 Å². The summed E-state index contributed by atoms with van der Waals surface area (Å²) in [4.78, 5) is 4.14. The van der Waals surface area contributed by atoms with E-state index in [9.17, 15) is 0 Å². The van der Waals surface area contributed by atoms with E-state index in [0.717, 1.165) is 5.52 Å². The first-order valence-corrected chi connectivity index (χ1v) is 17.2. The van der Waals surface area contributed by atoms with Crippen molar-refractivity contribution < 1.29 is 0 Å².